The van der Waals surface area contributed by atoms with Crippen LogP contribution in [0.25, 0.3) is 0 Å². The van der Waals surface area contributed by atoms with Gasteiger partial charge < -0.3 is 5.32 Å². The Morgan fingerprint density at radius 1 is 1.73 bits per heavy atom. The van der Waals surface area contributed by atoms with Gasteiger partial charge in [-0.1, -0.05) is 0 Å². The molecule has 0 aromatic rings. The van der Waals surface area contributed by atoms with Crippen molar-refractivity contribution in [2.24, 2.45) is 5.90 Å². The molecule has 1 aliphatic heterocycles. The minimum Gasteiger partial charge on any atom is -0.383 e. The van der Waals surface area contributed by atoms with Crippen LogP contribution in [0.5, 0.6) is 0 Å². The molecular formula is C6H12IN3O. The molecule has 0 spiro atoms. The highest BCUT2D eigenvalue weighted by atomic mass is 127. The summed E-state index contributed by atoms with van der Waals surface area (Å²) in [6, 6.07) is 0. The van der Waals surface area contributed by atoms with Crippen molar-refractivity contribution in [3.63, 3.8) is 0 Å². The zero-order chi connectivity index (χ0) is 8.43. The quantitative estimate of drug-likeness (QED) is 0.418. The Kier molecular flexibility index (Phi) is 2.97. The number of hydrogen-bond acceptors (Lipinski definition) is 4. The third kappa shape index (κ3) is 1.77. The lowest BCUT2D eigenvalue weighted by Crippen LogP contribution is -2.44. The van der Waals surface area contributed by atoms with Gasteiger partial charge in [0.05, 0.1) is 29.4 Å². The Morgan fingerprint density at radius 3 is 2.91 bits per heavy atom. The minimum atomic E-state index is -0.0562. The van der Waals surface area contributed by atoms with Gasteiger partial charge in [-0.25, -0.2) is 5.90 Å². The Labute approximate surface area is 80.2 Å². The van der Waals surface area contributed by atoms with Crippen molar-refractivity contribution in [1.82, 2.24) is 8.43 Å². The Morgan fingerprint density at radius 2 is 2.36 bits per heavy atom. The molecule has 1 aliphatic rings. The number of nitrogens with one attached hydrogen (secondary N) is 1. The van der Waals surface area contributed by atoms with Gasteiger partial charge in [0.25, 0.3) is 0 Å². The van der Waals surface area contributed by atoms with Crippen LogP contribution in [0.4, 0.5) is 0 Å². The molecule has 3 N–H and O–H groups in total. The van der Waals surface area contributed by atoms with Crippen molar-refractivity contribution >= 4 is 22.9 Å². The molecule has 11 heavy (non-hydrogen) atoms. The fraction of sp³-hybridized carbons (Fsp3) is 0.667. The summed E-state index contributed by atoms with van der Waals surface area (Å²) in [6.07, 6.45) is -0.0562. The third-order valence-electron chi connectivity index (χ3n) is 1.81. The van der Waals surface area contributed by atoms with Crippen LogP contribution < -0.4 is 11.2 Å². The molecule has 0 bridgehead atoms. The van der Waals surface area contributed by atoms with Gasteiger partial charge in [-0.15, -0.1) is 0 Å². The lowest BCUT2D eigenvalue weighted by Gasteiger charge is -2.32. The summed E-state index contributed by atoms with van der Waals surface area (Å²) in [5, 5.41) is 3.19. The number of nitrogens with zero attached hydrogens (tertiary/aromatic N) is 1. The van der Waals surface area contributed by atoms with E-state index in [0.717, 1.165) is 12.2 Å². The Bertz CT molecular complexity index is 183. The number of halogens is 1. The van der Waals surface area contributed by atoms with Crippen molar-refractivity contribution in [3.8, 4) is 0 Å². The van der Waals surface area contributed by atoms with E-state index in [1.807, 2.05) is 17.0 Å². The lowest BCUT2D eigenvalue weighted by atomic mass is 10.3. The van der Waals surface area contributed by atoms with Gasteiger partial charge >= 0.3 is 0 Å². The van der Waals surface area contributed by atoms with Crippen LogP contribution in [0.15, 0.2) is 11.4 Å². The van der Waals surface area contributed by atoms with Gasteiger partial charge in [0.2, 0.25) is 0 Å². The van der Waals surface area contributed by atoms with Crippen LogP contribution in [0, 0.1) is 0 Å². The van der Waals surface area contributed by atoms with E-state index < -0.39 is 0 Å². The van der Waals surface area contributed by atoms with Gasteiger partial charge in [-0.3, -0.25) is 7.95 Å². The second-order valence-corrected chi connectivity index (χ2v) is 3.53. The molecule has 1 unspecified atom stereocenters. The van der Waals surface area contributed by atoms with Crippen molar-refractivity contribution in [3.05, 3.63) is 11.4 Å². The third-order valence-corrected chi connectivity index (χ3v) is 3.16. The first kappa shape index (κ1) is 9.08. The highest BCUT2D eigenvalue weighted by Gasteiger charge is 2.22. The summed E-state index contributed by atoms with van der Waals surface area (Å²) in [7, 11) is 0. The van der Waals surface area contributed by atoms with E-state index in [9.17, 15) is 0 Å². The van der Waals surface area contributed by atoms with Crippen molar-refractivity contribution in [1.29, 1.82) is 0 Å². The molecule has 0 aromatic heterocycles. The predicted molar refractivity (Wildman–Crippen MR) is 51.3 cm³/mol. The second kappa shape index (κ2) is 3.59. The summed E-state index contributed by atoms with van der Waals surface area (Å²) in [5.74, 6) is 5.09. The van der Waals surface area contributed by atoms with Gasteiger partial charge in [0.15, 0.2) is 6.23 Å². The molecule has 0 amide bonds. The largest absolute Gasteiger partial charge is 0.383 e. The zero-order valence-corrected chi connectivity index (χ0v) is 8.75. The summed E-state index contributed by atoms with van der Waals surface area (Å²) < 4.78 is 1.99. The van der Waals surface area contributed by atoms with E-state index in [2.05, 4.69) is 28.2 Å². The molecule has 0 aromatic carbocycles. The van der Waals surface area contributed by atoms with Crippen LogP contribution in [0.1, 0.15) is 13.8 Å². The van der Waals surface area contributed by atoms with Gasteiger partial charge in [-0.05, 0) is 13.8 Å². The topological polar surface area (TPSA) is 50.5 Å². The van der Waals surface area contributed by atoms with Crippen LogP contribution in [-0.4, -0.2) is 15.9 Å². The van der Waals surface area contributed by atoms with Crippen LogP contribution >= 0.6 is 22.9 Å². The summed E-state index contributed by atoms with van der Waals surface area (Å²) in [6.45, 7) is 4.80. The second-order valence-electron chi connectivity index (χ2n) is 2.49. The molecule has 0 radical (unpaired) electrons. The monoisotopic (exact) mass is 269 g/mol. The van der Waals surface area contributed by atoms with Crippen molar-refractivity contribution in [2.45, 2.75) is 20.1 Å². The SMILES string of the molecule is CC1=C(C)N(I)C(ON)CN1. The first-order valence-electron chi connectivity index (χ1n) is 3.38. The lowest BCUT2D eigenvalue weighted by molar-refractivity contribution is -0.000383. The fourth-order valence-electron chi connectivity index (χ4n) is 0.926. The zero-order valence-electron chi connectivity index (χ0n) is 6.60. The molecule has 64 valence electrons. The standard InChI is InChI=1S/C6H12IN3O/c1-4-5(2)10(7)6(11-8)3-9-4/h6,9H,3,8H2,1-2H3. The molecule has 4 nitrogen and oxygen atoms in total. The molecule has 0 fully saturated rings. The summed E-state index contributed by atoms with van der Waals surface area (Å²) >= 11 is 2.19. The fourth-order valence-corrected chi connectivity index (χ4v) is 1.62. The maximum Gasteiger partial charge on any atom is 0.175 e. The van der Waals surface area contributed by atoms with Crippen LogP contribution in [0.2, 0.25) is 0 Å². The van der Waals surface area contributed by atoms with E-state index in [-0.39, 0.29) is 6.23 Å². The molecule has 1 heterocycles. The van der Waals surface area contributed by atoms with E-state index >= 15 is 0 Å². The van der Waals surface area contributed by atoms with E-state index in [1.54, 1.807) is 0 Å². The summed E-state index contributed by atoms with van der Waals surface area (Å²) in [4.78, 5) is 4.74. The smallest absolute Gasteiger partial charge is 0.175 e. The number of allylic oxidation sites excluding steroid dienone is 2. The van der Waals surface area contributed by atoms with Crippen LogP contribution in [-0.2, 0) is 4.84 Å². The van der Waals surface area contributed by atoms with E-state index in [1.165, 1.54) is 5.70 Å². The molecule has 0 saturated carbocycles. The van der Waals surface area contributed by atoms with Crippen molar-refractivity contribution < 1.29 is 4.84 Å². The Hall–Kier alpha value is -0.0100. The minimum absolute atomic E-state index is 0.0562. The van der Waals surface area contributed by atoms with Gasteiger partial charge in [-0.2, -0.15) is 0 Å². The number of hydrogen-bond donors (Lipinski definition) is 2. The molecule has 1 rings (SSSR count). The molecular weight excluding hydrogens is 257 g/mol. The number of nitrogens with two attached hydrogens (primary N) is 1. The predicted octanol–water partition coefficient (Wildman–Crippen LogP) is 0.709. The average Bonchev–Trinajstić information content (AvgIpc) is 2.01. The van der Waals surface area contributed by atoms with Gasteiger partial charge in [0, 0.05) is 11.4 Å². The first-order valence-corrected chi connectivity index (χ1v) is 4.35. The average molecular weight is 269 g/mol. The van der Waals surface area contributed by atoms with Crippen molar-refractivity contribution in [2.75, 3.05) is 6.54 Å². The summed E-state index contributed by atoms with van der Waals surface area (Å²) in [5.41, 5.74) is 2.33. The van der Waals surface area contributed by atoms with Gasteiger partial charge in [0.1, 0.15) is 0 Å². The van der Waals surface area contributed by atoms with Crippen LogP contribution in [0.3, 0.4) is 0 Å². The molecule has 1 atom stereocenters. The Balaban J connectivity index is 2.73. The maximum absolute atomic E-state index is 5.09. The highest BCUT2D eigenvalue weighted by Crippen LogP contribution is 2.20. The van der Waals surface area contributed by atoms with E-state index in [0.29, 0.717) is 0 Å². The molecule has 0 aliphatic carbocycles. The highest BCUT2D eigenvalue weighted by molar-refractivity contribution is 14.1. The normalized spacial score (nSPS) is 25.5. The molecule has 0 saturated heterocycles. The van der Waals surface area contributed by atoms with E-state index in [4.69, 9.17) is 10.7 Å². The number of rotatable bonds is 1. The molecule has 5 heteroatoms. The first-order chi connectivity index (χ1) is 5.16. The maximum atomic E-state index is 5.09.